The number of carbonyl (C=O) groups excluding carboxylic acids is 1. The number of aromatic hydroxyl groups is 1. The van der Waals surface area contributed by atoms with E-state index in [-0.39, 0.29) is 18.4 Å². The van der Waals surface area contributed by atoms with Crippen molar-refractivity contribution in [2.24, 2.45) is 11.7 Å². The van der Waals surface area contributed by atoms with Gasteiger partial charge in [-0.2, -0.15) is 0 Å². The minimum absolute atomic E-state index is 0.0375. The molecule has 4 nitrogen and oxygen atoms in total. The van der Waals surface area contributed by atoms with E-state index in [2.05, 4.69) is 6.92 Å². The van der Waals surface area contributed by atoms with Crippen molar-refractivity contribution in [3.63, 3.8) is 0 Å². The van der Waals surface area contributed by atoms with Gasteiger partial charge in [-0.15, -0.1) is 0 Å². The first-order valence-corrected chi connectivity index (χ1v) is 7.02. The van der Waals surface area contributed by atoms with Crippen LogP contribution in [0.3, 0.4) is 0 Å². The Morgan fingerprint density at radius 3 is 2.90 bits per heavy atom. The van der Waals surface area contributed by atoms with E-state index < -0.39 is 11.6 Å². The van der Waals surface area contributed by atoms with E-state index in [0.717, 1.165) is 12.8 Å². The first-order chi connectivity index (χ1) is 9.51. The Balaban J connectivity index is 1.97. The van der Waals surface area contributed by atoms with Crippen molar-refractivity contribution in [2.75, 3.05) is 13.1 Å². The third kappa shape index (κ3) is 3.28. The van der Waals surface area contributed by atoms with E-state index in [1.54, 1.807) is 11.0 Å². The lowest BCUT2D eigenvalue weighted by atomic mass is 9.99. The fourth-order valence-electron chi connectivity index (χ4n) is 2.72. The molecule has 0 aromatic heterocycles. The molecule has 0 spiro atoms. The van der Waals surface area contributed by atoms with E-state index >= 15 is 0 Å². The number of amides is 1. The Morgan fingerprint density at radius 1 is 1.50 bits per heavy atom. The molecule has 0 radical (unpaired) electrons. The number of likely N-dealkylation sites (tertiary alicyclic amines) is 1. The highest BCUT2D eigenvalue weighted by Crippen LogP contribution is 2.22. The first kappa shape index (κ1) is 14.8. The molecule has 1 aromatic rings. The van der Waals surface area contributed by atoms with Gasteiger partial charge in [-0.05, 0) is 30.0 Å². The van der Waals surface area contributed by atoms with E-state index in [0.29, 0.717) is 24.6 Å². The number of phenolic OH excluding ortho intramolecular Hbond substituents is 1. The third-order valence-electron chi connectivity index (χ3n) is 3.87. The van der Waals surface area contributed by atoms with Crippen molar-refractivity contribution in [1.29, 1.82) is 0 Å². The molecular weight excluding hydrogens is 259 g/mol. The van der Waals surface area contributed by atoms with Gasteiger partial charge in [0, 0.05) is 19.1 Å². The number of nitrogens with zero attached hydrogens (tertiary/aromatic N) is 1. The van der Waals surface area contributed by atoms with Gasteiger partial charge in [-0.3, -0.25) is 4.79 Å². The van der Waals surface area contributed by atoms with Gasteiger partial charge in [0.05, 0.1) is 6.42 Å². The summed E-state index contributed by atoms with van der Waals surface area (Å²) in [6, 6.07) is 4.08. The second-order valence-corrected chi connectivity index (χ2v) is 5.47. The molecule has 0 aliphatic carbocycles. The van der Waals surface area contributed by atoms with Crippen LogP contribution in [0.2, 0.25) is 0 Å². The molecule has 1 aliphatic heterocycles. The summed E-state index contributed by atoms with van der Waals surface area (Å²) in [6.45, 7) is 3.37. The van der Waals surface area contributed by atoms with Gasteiger partial charge in [0.1, 0.15) is 0 Å². The molecule has 3 N–H and O–H groups in total. The maximum atomic E-state index is 13.2. The van der Waals surface area contributed by atoms with Crippen LogP contribution in [-0.2, 0) is 11.2 Å². The largest absolute Gasteiger partial charge is 0.505 e. The van der Waals surface area contributed by atoms with Crippen LogP contribution in [0.1, 0.15) is 25.3 Å². The predicted octanol–water partition coefficient (Wildman–Crippen LogP) is 1.66. The minimum atomic E-state index is -0.697. The first-order valence-electron chi connectivity index (χ1n) is 7.02. The van der Waals surface area contributed by atoms with Crippen molar-refractivity contribution in [2.45, 2.75) is 32.2 Å². The molecule has 20 heavy (non-hydrogen) atoms. The average Bonchev–Trinajstić information content (AvgIpc) is 2.76. The van der Waals surface area contributed by atoms with Crippen LogP contribution in [0, 0.1) is 11.7 Å². The number of hydrogen-bond donors (Lipinski definition) is 2. The zero-order valence-corrected chi connectivity index (χ0v) is 11.7. The van der Waals surface area contributed by atoms with Gasteiger partial charge in [0.25, 0.3) is 0 Å². The SMILES string of the molecule is CCC[C@@H]1CN(C(=O)Cc2ccc(O)c(F)c2)C[C@H]1N. The van der Waals surface area contributed by atoms with E-state index in [9.17, 15) is 9.18 Å². The third-order valence-corrected chi connectivity index (χ3v) is 3.87. The van der Waals surface area contributed by atoms with Crippen LogP contribution >= 0.6 is 0 Å². The molecule has 2 rings (SSSR count). The highest BCUT2D eigenvalue weighted by atomic mass is 19.1. The Kier molecular flexibility index (Phi) is 4.60. The van der Waals surface area contributed by atoms with Crippen molar-refractivity contribution in [1.82, 2.24) is 4.90 Å². The van der Waals surface area contributed by atoms with E-state index in [1.807, 2.05) is 0 Å². The zero-order valence-electron chi connectivity index (χ0n) is 11.7. The smallest absolute Gasteiger partial charge is 0.227 e. The fourth-order valence-corrected chi connectivity index (χ4v) is 2.72. The summed E-state index contributed by atoms with van der Waals surface area (Å²) in [4.78, 5) is 14.0. The van der Waals surface area contributed by atoms with E-state index in [1.165, 1.54) is 12.1 Å². The van der Waals surface area contributed by atoms with Crippen LogP contribution in [0.15, 0.2) is 18.2 Å². The molecule has 1 fully saturated rings. The predicted molar refractivity (Wildman–Crippen MR) is 74.7 cm³/mol. The maximum absolute atomic E-state index is 13.2. The van der Waals surface area contributed by atoms with Gasteiger partial charge in [0.2, 0.25) is 5.91 Å². The monoisotopic (exact) mass is 280 g/mol. The van der Waals surface area contributed by atoms with Crippen LogP contribution in [0.5, 0.6) is 5.75 Å². The quantitative estimate of drug-likeness (QED) is 0.881. The number of nitrogens with two attached hydrogens (primary N) is 1. The molecule has 5 heteroatoms. The Labute approximate surface area is 118 Å². The highest BCUT2D eigenvalue weighted by Gasteiger charge is 2.31. The molecule has 1 aliphatic rings. The van der Waals surface area contributed by atoms with E-state index in [4.69, 9.17) is 10.8 Å². The topological polar surface area (TPSA) is 66.6 Å². The molecule has 1 heterocycles. The molecule has 1 aromatic carbocycles. The standard InChI is InChI=1S/C15H21FN2O2/c1-2-3-11-8-18(9-13(11)17)15(20)7-10-4-5-14(19)12(16)6-10/h4-6,11,13,19H,2-3,7-9,17H2,1H3/t11-,13-/m1/s1. The number of benzene rings is 1. The van der Waals surface area contributed by atoms with Gasteiger partial charge in [-0.1, -0.05) is 19.4 Å². The summed E-state index contributed by atoms with van der Waals surface area (Å²) < 4.78 is 13.2. The Bertz CT molecular complexity index is 493. The molecule has 1 amide bonds. The normalized spacial score (nSPS) is 22.2. The summed E-state index contributed by atoms with van der Waals surface area (Å²) in [7, 11) is 0. The molecule has 2 atom stereocenters. The van der Waals surface area contributed by atoms with Crippen LogP contribution in [0.25, 0.3) is 0 Å². The second kappa shape index (κ2) is 6.22. The average molecular weight is 280 g/mol. The van der Waals surface area contributed by atoms with Gasteiger partial charge < -0.3 is 15.7 Å². The van der Waals surface area contributed by atoms with Crippen molar-refractivity contribution >= 4 is 5.91 Å². The lowest BCUT2D eigenvalue weighted by Crippen LogP contribution is -2.33. The number of phenols is 1. The molecule has 1 saturated heterocycles. The number of carbonyl (C=O) groups is 1. The summed E-state index contributed by atoms with van der Waals surface area (Å²) in [5, 5.41) is 9.13. The zero-order chi connectivity index (χ0) is 14.7. The van der Waals surface area contributed by atoms with Crippen LogP contribution < -0.4 is 5.73 Å². The van der Waals surface area contributed by atoms with Crippen molar-refractivity contribution < 1.29 is 14.3 Å². The fraction of sp³-hybridized carbons (Fsp3) is 0.533. The molecule has 110 valence electrons. The number of halogens is 1. The molecule has 0 bridgehead atoms. The Hall–Kier alpha value is -1.62. The van der Waals surface area contributed by atoms with Crippen LogP contribution in [-0.4, -0.2) is 35.0 Å². The van der Waals surface area contributed by atoms with Crippen molar-refractivity contribution in [3.8, 4) is 5.75 Å². The van der Waals surface area contributed by atoms with Crippen LogP contribution in [0.4, 0.5) is 4.39 Å². The number of hydrogen-bond acceptors (Lipinski definition) is 3. The summed E-state index contributed by atoms with van der Waals surface area (Å²) >= 11 is 0. The summed E-state index contributed by atoms with van der Waals surface area (Å²) in [6.07, 6.45) is 2.23. The van der Waals surface area contributed by atoms with Gasteiger partial charge >= 0.3 is 0 Å². The maximum Gasteiger partial charge on any atom is 0.227 e. The molecule has 0 saturated carbocycles. The molecular formula is C15H21FN2O2. The second-order valence-electron chi connectivity index (χ2n) is 5.47. The highest BCUT2D eigenvalue weighted by molar-refractivity contribution is 5.79. The minimum Gasteiger partial charge on any atom is -0.505 e. The lowest BCUT2D eigenvalue weighted by Gasteiger charge is -2.16. The number of rotatable bonds is 4. The lowest BCUT2D eigenvalue weighted by molar-refractivity contribution is -0.129. The van der Waals surface area contributed by atoms with Crippen molar-refractivity contribution in [3.05, 3.63) is 29.6 Å². The van der Waals surface area contributed by atoms with Gasteiger partial charge in [0.15, 0.2) is 11.6 Å². The Morgan fingerprint density at radius 2 is 2.25 bits per heavy atom. The molecule has 0 unspecified atom stereocenters. The van der Waals surface area contributed by atoms with Gasteiger partial charge in [-0.25, -0.2) is 4.39 Å². The summed E-state index contributed by atoms with van der Waals surface area (Å²) in [5.74, 6) is -0.769. The summed E-state index contributed by atoms with van der Waals surface area (Å²) in [5.41, 5.74) is 6.61.